The van der Waals surface area contributed by atoms with Crippen LogP contribution in [0.25, 0.3) is 0 Å². The zero-order valence-corrected chi connectivity index (χ0v) is 18.6. The van der Waals surface area contributed by atoms with E-state index in [1.54, 1.807) is 18.2 Å². The van der Waals surface area contributed by atoms with E-state index in [-0.39, 0.29) is 29.5 Å². The maximum atomic E-state index is 12.7. The van der Waals surface area contributed by atoms with Crippen molar-refractivity contribution < 1.29 is 17.9 Å². The van der Waals surface area contributed by atoms with Crippen molar-refractivity contribution in [3.63, 3.8) is 0 Å². The van der Waals surface area contributed by atoms with Crippen LogP contribution in [0.15, 0.2) is 64.4 Å². The number of anilines is 1. The number of hydrogen-bond donors (Lipinski definition) is 4. The fourth-order valence-electron chi connectivity index (χ4n) is 2.73. The molecule has 3 rings (SSSR count). The van der Waals surface area contributed by atoms with Crippen molar-refractivity contribution in [3.05, 3.63) is 74.8 Å². The van der Waals surface area contributed by atoms with Crippen LogP contribution in [0.3, 0.4) is 0 Å². The molecule has 168 valence electrons. The van der Waals surface area contributed by atoms with Gasteiger partial charge in [-0.25, -0.2) is 8.42 Å². The molecule has 12 heteroatoms. The highest BCUT2D eigenvalue weighted by atomic mass is 32.2. The van der Waals surface area contributed by atoms with Gasteiger partial charge in [-0.2, -0.15) is 0 Å². The fourth-order valence-corrected chi connectivity index (χ4v) is 4.63. The summed E-state index contributed by atoms with van der Waals surface area (Å²) < 4.78 is 33.7. The normalized spacial score (nSPS) is 11.0. The molecule has 2 aromatic heterocycles. The maximum Gasteiger partial charge on any atom is 0.275 e. The minimum Gasteiger partial charge on any atom is -0.497 e. The lowest BCUT2D eigenvalue weighted by atomic mass is 10.3. The summed E-state index contributed by atoms with van der Waals surface area (Å²) in [4.78, 5) is 26.3. The number of methoxy groups -OCH3 is 1. The molecule has 0 aliphatic heterocycles. The second-order valence-electron chi connectivity index (χ2n) is 6.60. The van der Waals surface area contributed by atoms with Crippen LogP contribution in [-0.4, -0.2) is 31.8 Å². The van der Waals surface area contributed by atoms with E-state index < -0.39 is 21.5 Å². The molecule has 2 heterocycles. The Hall–Kier alpha value is -3.64. The molecule has 5 N–H and O–H groups in total. The molecule has 0 saturated carbocycles. The van der Waals surface area contributed by atoms with Crippen LogP contribution in [0.2, 0.25) is 0 Å². The Morgan fingerprint density at radius 2 is 2.00 bits per heavy atom. The van der Waals surface area contributed by atoms with Crippen LogP contribution in [-0.2, 0) is 27.9 Å². The standard InChI is InChI=1S/C20H21N5O5S2/c1-30-13-4-2-5-15(10-13)32(28,29)24-16-6-3-9-25(20(16)27)12-18(26)23-11-14-7-8-17(31-14)19(21)22/h2-10,24H,11-12H2,1H3,(H3,21,22)(H,23,26). The summed E-state index contributed by atoms with van der Waals surface area (Å²) in [6, 6.07) is 12.1. The summed E-state index contributed by atoms with van der Waals surface area (Å²) >= 11 is 1.28. The minimum absolute atomic E-state index is 0.0488. The predicted octanol–water partition coefficient (Wildman–Crippen LogP) is 1.32. The van der Waals surface area contributed by atoms with Gasteiger partial charge in [0.25, 0.3) is 15.6 Å². The first-order valence-corrected chi connectivity index (χ1v) is 11.6. The number of thiophene rings is 1. The molecule has 1 amide bonds. The number of aromatic nitrogens is 1. The second kappa shape index (κ2) is 9.66. The first kappa shape index (κ1) is 23.0. The van der Waals surface area contributed by atoms with Crippen molar-refractivity contribution in [2.24, 2.45) is 5.73 Å². The average Bonchev–Trinajstić information content (AvgIpc) is 3.24. The first-order valence-electron chi connectivity index (χ1n) is 9.26. The molecule has 0 aliphatic rings. The third-order valence-electron chi connectivity index (χ3n) is 4.32. The number of carbonyl (C=O) groups excluding carboxylic acids is 1. The molecule has 0 aliphatic carbocycles. The second-order valence-corrected chi connectivity index (χ2v) is 9.45. The zero-order valence-electron chi connectivity index (χ0n) is 17.0. The Labute approximate surface area is 188 Å². The van der Waals surface area contributed by atoms with Crippen molar-refractivity contribution in [2.45, 2.75) is 18.0 Å². The number of carbonyl (C=O) groups is 1. The van der Waals surface area contributed by atoms with Gasteiger partial charge in [0.15, 0.2) is 0 Å². The Balaban J connectivity index is 1.69. The van der Waals surface area contributed by atoms with Gasteiger partial charge in [-0.3, -0.25) is 19.7 Å². The number of amides is 1. The van der Waals surface area contributed by atoms with Crippen LogP contribution >= 0.6 is 11.3 Å². The molecule has 0 saturated heterocycles. The molecule has 0 radical (unpaired) electrons. The van der Waals surface area contributed by atoms with Crippen molar-refractivity contribution >= 4 is 38.8 Å². The highest BCUT2D eigenvalue weighted by Gasteiger charge is 2.18. The lowest BCUT2D eigenvalue weighted by molar-refractivity contribution is -0.121. The number of nitrogens with one attached hydrogen (secondary N) is 3. The van der Waals surface area contributed by atoms with E-state index in [9.17, 15) is 18.0 Å². The number of pyridine rings is 1. The Morgan fingerprint density at radius 3 is 2.69 bits per heavy atom. The van der Waals surface area contributed by atoms with Crippen LogP contribution in [0.4, 0.5) is 5.69 Å². The Kier molecular flexibility index (Phi) is 6.95. The molecule has 0 unspecified atom stereocenters. The molecular formula is C20H21N5O5S2. The third-order valence-corrected chi connectivity index (χ3v) is 6.80. The quantitative estimate of drug-likeness (QED) is 0.270. The van der Waals surface area contributed by atoms with E-state index in [1.807, 2.05) is 0 Å². The topological polar surface area (TPSA) is 156 Å². The van der Waals surface area contributed by atoms with Gasteiger partial charge in [-0.1, -0.05) is 6.07 Å². The Bertz CT molecular complexity index is 1310. The summed E-state index contributed by atoms with van der Waals surface area (Å²) in [6.45, 7) is -0.0772. The number of nitrogens with two attached hydrogens (primary N) is 1. The molecule has 0 fully saturated rings. The molecule has 0 atom stereocenters. The summed E-state index contributed by atoms with van der Waals surface area (Å²) in [5.74, 6) is -0.124. The van der Waals surface area contributed by atoms with Gasteiger partial charge >= 0.3 is 0 Å². The van der Waals surface area contributed by atoms with Gasteiger partial charge < -0.3 is 20.4 Å². The van der Waals surface area contributed by atoms with E-state index in [1.165, 1.54) is 55.0 Å². The van der Waals surface area contributed by atoms with Gasteiger partial charge in [0.05, 0.1) is 23.4 Å². The maximum absolute atomic E-state index is 12.7. The lowest BCUT2D eigenvalue weighted by Gasteiger charge is -2.11. The van der Waals surface area contributed by atoms with Gasteiger partial charge in [-0.05, 0) is 36.4 Å². The van der Waals surface area contributed by atoms with Crippen LogP contribution in [0, 0.1) is 5.41 Å². The molecule has 1 aromatic carbocycles. The monoisotopic (exact) mass is 475 g/mol. The summed E-state index contributed by atoms with van der Waals surface area (Å²) in [5.41, 5.74) is 4.57. The summed E-state index contributed by atoms with van der Waals surface area (Å²) in [6.07, 6.45) is 1.39. The molecular weight excluding hydrogens is 454 g/mol. The molecule has 0 bridgehead atoms. The van der Waals surface area contributed by atoms with Crippen LogP contribution in [0.1, 0.15) is 9.75 Å². The highest BCUT2D eigenvalue weighted by molar-refractivity contribution is 7.92. The minimum atomic E-state index is -4.03. The van der Waals surface area contributed by atoms with Gasteiger partial charge in [0.1, 0.15) is 23.8 Å². The number of rotatable bonds is 9. The van der Waals surface area contributed by atoms with Gasteiger partial charge in [0, 0.05) is 17.1 Å². The number of nitrogens with zero attached hydrogens (tertiary/aromatic N) is 1. The number of nitrogen functional groups attached to an aromatic ring is 1. The van der Waals surface area contributed by atoms with Crippen molar-refractivity contribution in [1.29, 1.82) is 5.41 Å². The third kappa shape index (κ3) is 5.53. The predicted molar refractivity (Wildman–Crippen MR) is 122 cm³/mol. The number of hydrogen-bond acceptors (Lipinski definition) is 7. The molecule has 0 spiro atoms. The fraction of sp³-hybridized carbons (Fsp3) is 0.150. The van der Waals surface area contributed by atoms with E-state index >= 15 is 0 Å². The molecule has 3 aromatic rings. The van der Waals surface area contributed by atoms with Crippen molar-refractivity contribution in [1.82, 2.24) is 9.88 Å². The summed E-state index contributed by atoms with van der Waals surface area (Å²) in [7, 11) is -2.62. The number of amidine groups is 1. The van der Waals surface area contributed by atoms with E-state index in [0.717, 1.165) is 9.44 Å². The highest BCUT2D eigenvalue weighted by Crippen LogP contribution is 2.19. The van der Waals surface area contributed by atoms with E-state index in [4.69, 9.17) is 15.9 Å². The molecule has 32 heavy (non-hydrogen) atoms. The number of benzene rings is 1. The number of ether oxygens (including phenoxy) is 1. The van der Waals surface area contributed by atoms with Crippen LogP contribution in [0.5, 0.6) is 5.75 Å². The molecule has 10 nitrogen and oxygen atoms in total. The van der Waals surface area contributed by atoms with E-state index in [2.05, 4.69) is 10.0 Å². The van der Waals surface area contributed by atoms with Crippen molar-refractivity contribution in [3.8, 4) is 5.75 Å². The van der Waals surface area contributed by atoms with Gasteiger partial charge in [-0.15, -0.1) is 11.3 Å². The lowest BCUT2D eigenvalue weighted by Crippen LogP contribution is -2.33. The number of sulfonamides is 1. The van der Waals surface area contributed by atoms with Gasteiger partial charge in [0.2, 0.25) is 5.91 Å². The zero-order chi connectivity index (χ0) is 23.3. The Morgan fingerprint density at radius 1 is 1.22 bits per heavy atom. The largest absolute Gasteiger partial charge is 0.497 e. The first-order chi connectivity index (χ1) is 15.2. The summed E-state index contributed by atoms with van der Waals surface area (Å²) in [5, 5.41) is 10.1. The average molecular weight is 476 g/mol. The smallest absolute Gasteiger partial charge is 0.275 e. The van der Waals surface area contributed by atoms with Crippen LogP contribution < -0.4 is 26.1 Å². The SMILES string of the molecule is COc1cccc(S(=O)(=O)Nc2cccn(CC(=O)NCc3ccc(C(=N)N)s3)c2=O)c1. The van der Waals surface area contributed by atoms with Crippen molar-refractivity contribution in [2.75, 3.05) is 11.8 Å². The van der Waals surface area contributed by atoms with E-state index in [0.29, 0.717) is 10.6 Å².